The van der Waals surface area contributed by atoms with Crippen LogP contribution in [0.2, 0.25) is 0 Å². The molecular weight excluding hydrogens is 919 g/mol. The van der Waals surface area contributed by atoms with E-state index in [2.05, 4.69) is 263 Å². The Morgan fingerprint density at radius 1 is 0.392 bits per heavy atom. The van der Waals surface area contributed by atoms with Gasteiger partial charge in [-0.25, -0.2) is 9.97 Å². The molecule has 12 aromatic rings. The average Bonchev–Trinajstić information content (AvgIpc) is 3.99. The number of fused-ring (bicyclic) bond motifs is 6. The third kappa shape index (κ3) is 7.95. The number of anilines is 6. The number of benzene rings is 10. The quantitative estimate of drug-likeness (QED) is 0.144. The lowest BCUT2D eigenvalue weighted by Gasteiger charge is -2.28. The Balaban J connectivity index is 0.778. The Bertz CT molecular complexity index is 3980. The number of aromatic nitrogens is 3. The number of para-hydroxylation sites is 6. The molecule has 0 saturated heterocycles. The topological polar surface area (TPSA) is 37.2 Å². The van der Waals surface area contributed by atoms with Crippen LogP contribution in [0, 0.1) is 0 Å². The molecular formula is C68H51N5S. The molecule has 0 spiro atoms. The highest BCUT2D eigenvalue weighted by atomic mass is 32.1. The second kappa shape index (κ2) is 18.6. The van der Waals surface area contributed by atoms with Crippen molar-refractivity contribution in [1.29, 1.82) is 0 Å². The minimum atomic E-state index is 0.320. The predicted octanol–water partition coefficient (Wildman–Crippen LogP) is 17.7. The summed E-state index contributed by atoms with van der Waals surface area (Å²) in [5.74, 6) is 1.57. The minimum absolute atomic E-state index is 0.320. The highest BCUT2D eigenvalue weighted by Crippen LogP contribution is 2.48. The first-order valence-corrected chi connectivity index (χ1v) is 26.6. The highest BCUT2D eigenvalue weighted by Gasteiger charge is 2.30. The first-order chi connectivity index (χ1) is 36.7. The van der Waals surface area contributed by atoms with Crippen LogP contribution in [0.3, 0.4) is 0 Å². The van der Waals surface area contributed by atoms with Gasteiger partial charge in [-0.3, -0.25) is 4.57 Å². The molecule has 74 heavy (non-hydrogen) atoms. The zero-order valence-electron chi connectivity index (χ0n) is 40.8. The van der Waals surface area contributed by atoms with Gasteiger partial charge < -0.3 is 9.80 Å². The van der Waals surface area contributed by atoms with Crippen molar-refractivity contribution in [3.63, 3.8) is 0 Å². The summed E-state index contributed by atoms with van der Waals surface area (Å²) in [6, 6.07) is 90.7. The number of imidazole rings is 1. The number of hydrogen-bond acceptors (Lipinski definition) is 5. The van der Waals surface area contributed by atoms with E-state index in [1.165, 1.54) is 61.8 Å². The first kappa shape index (κ1) is 43.9. The SMILES string of the molecule is c1ccc(CC2Cc3ccccc3N(c3ccc(-c4nc5cc6sc(-c7ccc(CC8Cc9ccccc9N(c9ccccc9)c9ccccc98)cc7)nc6cc5n4-c4ccccc4)cc3)c3ccccc32)cc1. The highest BCUT2D eigenvalue weighted by molar-refractivity contribution is 7.21. The van der Waals surface area contributed by atoms with E-state index in [0.29, 0.717) is 11.8 Å². The molecule has 0 N–H and O–H groups in total. The fourth-order valence-electron chi connectivity index (χ4n) is 11.8. The van der Waals surface area contributed by atoms with Crippen LogP contribution in [0.15, 0.2) is 249 Å². The number of nitrogens with zero attached hydrogens (tertiary/aromatic N) is 5. The molecule has 2 aliphatic rings. The smallest absolute Gasteiger partial charge is 0.145 e. The van der Waals surface area contributed by atoms with Crippen LogP contribution >= 0.6 is 11.3 Å². The van der Waals surface area contributed by atoms with Crippen LogP contribution in [0.25, 0.3) is 48.9 Å². The van der Waals surface area contributed by atoms with Gasteiger partial charge in [0.2, 0.25) is 0 Å². The van der Waals surface area contributed by atoms with E-state index >= 15 is 0 Å². The summed E-state index contributed by atoms with van der Waals surface area (Å²) in [6.07, 6.45) is 3.86. The van der Waals surface area contributed by atoms with Gasteiger partial charge in [0, 0.05) is 50.9 Å². The molecule has 0 aliphatic carbocycles. The zero-order chi connectivity index (χ0) is 49.0. The maximum atomic E-state index is 5.42. The molecule has 5 nitrogen and oxygen atoms in total. The van der Waals surface area contributed by atoms with Crippen molar-refractivity contribution < 1.29 is 0 Å². The molecule has 0 bridgehead atoms. The van der Waals surface area contributed by atoms with Gasteiger partial charge in [0.15, 0.2) is 0 Å². The Labute approximate surface area is 436 Å². The molecule has 2 unspecified atom stereocenters. The van der Waals surface area contributed by atoms with Gasteiger partial charge in [-0.1, -0.05) is 164 Å². The van der Waals surface area contributed by atoms with Crippen molar-refractivity contribution in [1.82, 2.24) is 14.5 Å². The Morgan fingerprint density at radius 3 is 1.46 bits per heavy atom. The van der Waals surface area contributed by atoms with Crippen molar-refractivity contribution in [2.24, 2.45) is 0 Å². The lowest BCUT2D eigenvalue weighted by atomic mass is 9.86. The maximum Gasteiger partial charge on any atom is 0.145 e. The van der Waals surface area contributed by atoms with Gasteiger partial charge in [-0.2, -0.15) is 0 Å². The predicted molar refractivity (Wildman–Crippen MR) is 308 cm³/mol. The molecule has 4 heterocycles. The van der Waals surface area contributed by atoms with E-state index in [1.807, 2.05) is 0 Å². The van der Waals surface area contributed by atoms with E-state index in [1.54, 1.807) is 11.3 Å². The van der Waals surface area contributed by atoms with E-state index in [4.69, 9.17) is 9.97 Å². The van der Waals surface area contributed by atoms with Crippen LogP contribution in [0.1, 0.15) is 45.2 Å². The molecule has 354 valence electrons. The van der Waals surface area contributed by atoms with Crippen molar-refractivity contribution in [3.8, 4) is 27.6 Å². The summed E-state index contributed by atoms with van der Waals surface area (Å²) in [4.78, 5) is 15.6. The number of hydrogen-bond donors (Lipinski definition) is 0. The van der Waals surface area contributed by atoms with Crippen molar-refractivity contribution in [2.75, 3.05) is 9.80 Å². The molecule has 2 aromatic heterocycles. The van der Waals surface area contributed by atoms with Crippen LogP contribution in [-0.2, 0) is 25.7 Å². The molecule has 6 heteroatoms. The Kier molecular flexibility index (Phi) is 11.1. The summed E-state index contributed by atoms with van der Waals surface area (Å²) in [5, 5.41) is 1.01. The molecule has 0 fully saturated rings. The van der Waals surface area contributed by atoms with Gasteiger partial charge in [-0.15, -0.1) is 11.3 Å². The van der Waals surface area contributed by atoms with E-state index in [0.717, 1.165) is 80.3 Å². The number of rotatable bonds is 9. The van der Waals surface area contributed by atoms with Gasteiger partial charge in [0.05, 0.1) is 21.3 Å². The largest absolute Gasteiger partial charge is 0.310 e. The van der Waals surface area contributed by atoms with Crippen molar-refractivity contribution in [3.05, 3.63) is 282 Å². The zero-order valence-corrected chi connectivity index (χ0v) is 41.6. The van der Waals surface area contributed by atoms with E-state index < -0.39 is 0 Å². The summed E-state index contributed by atoms with van der Waals surface area (Å²) in [5.41, 5.74) is 21.6. The molecule has 14 rings (SSSR count). The van der Waals surface area contributed by atoms with Crippen LogP contribution in [0.5, 0.6) is 0 Å². The Hall–Kier alpha value is -8.84. The van der Waals surface area contributed by atoms with Crippen LogP contribution in [-0.4, -0.2) is 14.5 Å². The maximum absolute atomic E-state index is 5.42. The summed E-state index contributed by atoms with van der Waals surface area (Å²) in [6.45, 7) is 0. The summed E-state index contributed by atoms with van der Waals surface area (Å²) >= 11 is 1.73. The van der Waals surface area contributed by atoms with Gasteiger partial charge >= 0.3 is 0 Å². The fourth-order valence-corrected chi connectivity index (χ4v) is 12.8. The Morgan fingerprint density at radius 2 is 0.865 bits per heavy atom. The van der Waals surface area contributed by atoms with Gasteiger partial charge in [-0.05, 0) is 156 Å². The second-order valence-electron chi connectivity index (χ2n) is 19.8. The number of thiazole rings is 1. The molecule has 2 atom stereocenters. The fraction of sp³-hybridized carbons (Fsp3) is 0.0882. The van der Waals surface area contributed by atoms with Crippen molar-refractivity contribution in [2.45, 2.75) is 37.5 Å². The molecule has 0 amide bonds. The monoisotopic (exact) mass is 969 g/mol. The van der Waals surface area contributed by atoms with E-state index in [9.17, 15) is 0 Å². The molecule has 0 radical (unpaired) electrons. The van der Waals surface area contributed by atoms with E-state index in [-0.39, 0.29) is 0 Å². The van der Waals surface area contributed by atoms with Gasteiger partial charge in [0.1, 0.15) is 10.8 Å². The van der Waals surface area contributed by atoms with Crippen LogP contribution < -0.4 is 9.80 Å². The third-order valence-corrected chi connectivity index (χ3v) is 16.3. The van der Waals surface area contributed by atoms with Crippen LogP contribution in [0.4, 0.5) is 34.1 Å². The van der Waals surface area contributed by atoms with Crippen molar-refractivity contribution >= 4 is 66.7 Å². The second-order valence-corrected chi connectivity index (χ2v) is 20.8. The van der Waals surface area contributed by atoms with Gasteiger partial charge in [0.25, 0.3) is 0 Å². The molecule has 0 saturated carbocycles. The molecule has 10 aromatic carbocycles. The lowest BCUT2D eigenvalue weighted by molar-refractivity contribution is 0.687. The third-order valence-electron chi connectivity index (χ3n) is 15.2. The average molecular weight is 970 g/mol. The summed E-state index contributed by atoms with van der Waals surface area (Å²) < 4.78 is 3.42. The lowest BCUT2D eigenvalue weighted by Crippen LogP contribution is -2.12. The molecule has 2 aliphatic heterocycles. The minimum Gasteiger partial charge on any atom is -0.310 e. The first-order valence-electron chi connectivity index (χ1n) is 25.8. The normalized spacial score (nSPS) is 15.0. The summed E-state index contributed by atoms with van der Waals surface area (Å²) in [7, 11) is 0. The standard InChI is InChI=1S/C68H51N5S/c1-4-18-46(19-5-1)40-52-42-51-21-11-15-29-62(51)72(64-31-17-13-26-57(52)64)56-38-36-48(37-39-56)67-69-59-45-66-60(44-65(59)73(67)55-24-8-3-9-25-55)70-68(74-66)49-34-32-47(33-35-49)41-53-43-50-20-10-14-28-61(50)71(54-22-6-2-7-23-54)63-30-16-12-27-58(53)63/h1-39,44-45,52-53H,40-43H2.